The van der Waals surface area contributed by atoms with Gasteiger partial charge in [-0.3, -0.25) is 4.79 Å². The monoisotopic (exact) mass is 343 g/mol. The molecule has 0 aliphatic heterocycles. The number of amides is 1. The van der Waals surface area contributed by atoms with Gasteiger partial charge in [-0.25, -0.2) is 8.42 Å². The molecular formula is C19H21NO3S. The first kappa shape index (κ1) is 16.7. The standard InChI is InChI=1S/C19H21NO3S/c1-15-9-5-6-12-17(15)20-18(21)19(13-7-8-14-19)24(22,23)16-10-3-2-4-11-16/h2-6,9-12H,7-8,13-14H2,1H3,(H,20,21). The average molecular weight is 343 g/mol. The Hall–Kier alpha value is -2.14. The van der Waals surface area contributed by atoms with Crippen LogP contribution >= 0.6 is 0 Å². The number of nitrogens with one attached hydrogen (secondary N) is 1. The van der Waals surface area contributed by atoms with Crippen molar-refractivity contribution < 1.29 is 13.2 Å². The minimum atomic E-state index is -3.74. The molecule has 0 saturated heterocycles. The Bertz CT molecular complexity index is 838. The maximum absolute atomic E-state index is 13.2. The van der Waals surface area contributed by atoms with E-state index in [0.717, 1.165) is 18.4 Å². The van der Waals surface area contributed by atoms with Crippen molar-refractivity contribution in [3.05, 3.63) is 60.2 Å². The molecule has 1 N–H and O–H groups in total. The number of sulfone groups is 1. The van der Waals surface area contributed by atoms with Crippen LogP contribution in [0.2, 0.25) is 0 Å². The van der Waals surface area contributed by atoms with Crippen molar-refractivity contribution in [2.75, 3.05) is 5.32 Å². The zero-order chi connectivity index (χ0) is 17.2. The molecule has 0 aromatic heterocycles. The van der Waals surface area contributed by atoms with Gasteiger partial charge in [-0.2, -0.15) is 0 Å². The summed E-state index contributed by atoms with van der Waals surface area (Å²) in [5.74, 6) is -0.418. The van der Waals surface area contributed by atoms with Gasteiger partial charge in [0.1, 0.15) is 0 Å². The molecule has 0 unspecified atom stereocenters. The van der Waals surface area contributed by atoms with Crippen LogP contribution < -0.4 is 5.32 Å². The highest BCUT2D eigenvalue weighted by atomic mass is 32.2. The van der Waals surface area contributed by atoms with Crippen molar-refractivity contribution in [3.63, 3.8) is 0 Å². The predicted octanol–water partition coefficient (Wildman–Crippen LogP) is 3.72. The maximum Gasteiger partial charge on any atom is 0.246 e. The lowest BCUT2D eigenvalue weighted by Crippen LogP contribution is -2.47. The predicted molar refractivity (Wildman–Crippen MR) is 94.6 cm³/mol. The van der Waals surface area contributed by atoms with Gasteiger partial charge in [-0.1, -0.05) is 49.2 Å². The Morgan fingerprint density at radius 3 is 2.17 bits per heavy atom. The van der Waals surface area contributed by atoms with Crippen molar-refractivity contribution in [2.24, 2.45) is 0 Å². The second-order valence-electron chi connectivity index (χ2n) is 6.29. The lowest BCUT2D eigenvalue weighted by atomic mass is 10.1. The fourth-order valence-corrected chi connectivity index (χ4v) is 5.43. The van der Waals surface area contributed by atoms with E-state index in [2.05, 4.69) is 5.32 Å². The van der Waals surface area contributed by atoms with E-state index in [1.807, 2.05) is 25.1 Å². The molecule has 1 saturated carbocycles. The summed E-state index contributed by atoms with van der Waals surface area (Å²) < 4.78 is 25.0. The molecule has 1 aliphatic rings. The summed E-state index contributed by atoms with van der Waals surface area (Å²) in [6.07, 6.45) is 2.21. The molecule has 0 atom stereocenters. The van der Waals surface area contributed by atoms with E-state index in [1.165, 1.54) is 0 Å². The third-order valence-electron chi connectivity index (χ3n) is 4.79. The lowest BCUT2D eigenvalue weighted by molar-refractivity contribution is -0.118. The fourth-order valence-electron chi connectivity index (χ4n) is 3.34. The zero-order valence-corrected chi connectivity index (χ0v) is 14.5. The molecule has 2 aromatic rings. The van der Waals surface area contributed by atoms with Crippen LogP contribution in [0.5, 0.6) is 0 Å². The van der Waals surface area contributed by atoms with E-state index >= 15 is 0 Å². The minimum absolute atomic E-state index is 0.215. The number of rotatable bonds is 4. The molecule has 0 radical (unpaired) electrons. The number of hydrogen-bond donors (Lipinski definition) is 1. The molecular weight excluding hydrogens is 322 g/mol. The van der Waals surface area contributed by atoms with Gasteiger partial charge in [-0.15, -0.1) is 0 Å². The Kier molecular flexibility index (Phi) is 4.45. The highest BCUT2D eigenvalue weighted by Gasteiger charge is 2.52. The van der Waals surface area contributed by atoms with Crippen molar-refractivity contribution in [2.45, 2.75) is 42.2 Å². The number of aryl methyl sites for hydroxylation is 1. The average Bonchev–Trinajstić information content (AvgIpc) is 3.09. The Labute approximate surface area is 142 Å². The van der Waals surface area contributed by atoms with Crippen LogP contribution in [0.4, 0.5) is 5.69 Å². The summed E-state index contributed by atoms with van der Waals surface area (Å²) in [7, 11) is -3.74. The number of hydrogen-bond acceptors (Lipinski definition) is 3. The smallest absolute Gasteiger partial charge is 0.246 e. The highest BCUT2D eigenvalue weighted by molar-refractivity contribution is 7.93. The van der Waals surface area contributed by atoms with Gasteiger partial charge in [0.25, 0.3) is 0 Å². The SMILES string of the molecule is Cc1ccccc1NC(=O)C1(S(=O)(=O)c2ccccc2)CCCC1. The normalized spacial score (nSPS) is 16.7. The Balaban J connectivity index is 2.00. The van der Waals surface area contributed by atoms with Gasteiger partial charge in [0.05, 0.1) is 4.90 Å². The molecule has 1 amide bonds. The number of anilines is 1. The van der Waals surface area contributed by atoms with Crippen LogP contribution in [-0.2, 0) is 14.6 Å². The first-order chi connectivity index (χ1) is 11.5. The third-order valence-corrected chi connectivity index (χ3v) is 7.30. The molecule has 24 heavy (non-hydrogen) atoms. The third kappa shape index (κ3) is 2.73. The summed E-state index contributed by atoms with van der Waals surface area (Å²) in [6.45, 7) is 1.89. The van der Waals surface area contributed by atoms with Gasteiger partial charge in [0.15, 0.2) is 14.6 Å². The second-order valence-corrected chi connectivity index (χ2v) is 8.55. The number of benzene rings is 2. The van der Waals surface area contributed by atoms with Gasteiger partial charge < -0.3 is 5.32 Å². The molecule has 1 aliphatic carbocycles. The summed E-state index contributed by atoms with van der Waals surface area (Å²) >= 11 is 0. The molecule has 2 aromatic carbocycles. The molecule has 1 fully saturated rings. The molecule has 3 rings (SSSR count). The zero-order valence-electron chi connectivity index (χ0n) is 13.7. The largest absolute Gasteiger partial charge is 0.324 e. The molecule has 0 bridgehead atoms. The summed E-state index contributed by atoms with van der Waals surface area (Å²) in [5.41, 5.74) is 1.58. The first-order valence-electron chi connectivity index (χ1n) is 8.14. The highest BCUT2D eigenvalue weighted by Crippen LogP contribution is 2.41. The molecule has 0 heterocycles. The van der Waals surface area contributed by atoms with Crippen LogP contribution in [0.15, 0.2) is 59.5 Å². The molecule has 4 nitrogen and oxygen atoms in total. The fraction of sp³-hybridized carbons (Fsp3) is 0.316. The van der Waals surface area contributed by atoms with E-state index in [4.69, 9.17) is 0 Å². The van der Waals surface area contributed by atoms with E-state index < -0.39 is 20.5 Å². The quantitative estimate of drug-likeness (QED) is 0.920. The second kappa shape index (κ2) is 6.40. The number of carbonyl (C=O) groups is 1. The van der Waals surface area contributed by atoms with E-state index in [1.54, 1.807) is 36.4 Å². The van der Waals surface area contributed by atoms with Crippen LogP contribution in [0, 0.1) is 6.92 Å². The Morgan fingerprint density at radius 1 is 0.958 bits per heavy atom. The molecule has 0 spiro atoms. The maximum atomic E-state index is 13.2. The van der Waals surface area contributed by atoms with Gasteiger partial charge in [0.2, 0.25) is 5.91 Å². The molecule has 5 heteroatoms. The van der Waals surface area contributed by atoms with Crippen molar-refractivity contribution >= 4 is 21.4 Å². The van der Waals surface area contributed by atoms with Gasteiger partial charge >= 0.3 is 0 Å². The number of carbonyl (C=O) groups excluding carboxylic acids is 1. The lowest BCUT2D eigenvalue weighted by Gasteiger charge is -2.28. The number of para-hydroxylation sites is 1. The summed E-state index contributed by atoms with van der Waals surface area (Å²) in [6, 6.07) is 15.7. The minimum Gasteiger partial charge on any atom is -0.324 e. The van der Waals surface area contributed by atoms with Crippen LogP contribution in [0.3, 0.4) is 0 Å². The van der Waals surface area contributed by atoms with Gasteiger partial charge in [0, 0.05) is 5.69 Å². The van der Waals surface area contributed by atoms with Crippen molar-refractivity contribution in [1.82, 2.24) is 0 Å². The van der Waals surface area contributed by atoms with Gasteiger partial charge in [-0.05, 0) is 43.5 Å². The summed E-state index contributed by atoms with van der Waals surface area (Å²) in [4.78, 5) is 13.2. The van der Waals surface area contributed by atoms with E-state index in [9.17, 15) is 13.2 Å². The van der Waals surface area contributed by atoms with Crippen LogP contribution in [0.1, 0.15) is 31.2 Å². The van der Waals surface area contributed by atoms with E-state index in [-0.39, 0.29) is 4.90 Å². The van der Waals surface area contributed by atoms with Crippen LogP contribution in [-0.4, -0.2) is 19.1 Å². The Morgan fingerprint density at radius 2 is 1.54 bits per heavy atom. The first-order valence-corrected chi connectivity index (χ1v) is 9.62. The summed E-state index contributed by atoms with van der Waals surface area (Å²) in [5, 5.41) is 2.85. The van der Waals surface area contributed by atoms with Crippen molar-refractivity contribution in [3.8, 4) is 0 Å². The van der Waals surface area contributed by atoms with Crippen LogP contribution in [0.25, 0.3) is 0 Å². The molecule has 126 valence electrons. The van der Waals surface area contributed by atoms with E-state index in [0.29, 0.717) is 18.5 Å². The van der Waals surface area contributed by atoms with Crippen molar-refractivity contribution in [1.29, 1.82) is 0 Å². The topological polar surface area (TPSA) is 63.2 Å².